The Morgan fingerprint density at radius 3 is 0.929 bits per heavy atom. The zero-order valence-electron chi connectivity index (χ0n) is 23.2. The van der Waals surface area contributed by atoms with Crippen LogP contribution in [0.15, 0.2) is 158 Å². The average Bonchev–Trinajstić information content (AvgIpc) is 3.08. The van der Waals surface area contributed by atoms with E-state index in [9.17, 15) is 0 Å². The highest BCUT2D eigenvalue weighted by molar-refractivity contribution is 6.04. The molecular weight excluding hydrogens is 508 g/mol. The first-order chi connectivity index (χ1) is 20.8. The molecule has 0 atom stereocenters. The third kappa shape index (κ3) is 6.57. The van der Waals surface area contributed by atoms with Crippen LogP contribution in [0.1, 0.15) is 44.5 Å². The van der Waals surface area contributed by atoms with E-state index in [1.807, 2.05) is 49.1 Å². The third-order valence-corrected chi connectivity index (χ3v) is 7.12. The largest absolute Gasteiger partial charge is 0.265 e. The summed E-state index contributed by atoms with van der Waals surface area (Å²) >= 11 is 0. The highest BCUT2D eigenvalue weighted by Crippen LogP contribution is 2.37. The van der Waals surface area contributed by atoms with Gasteiger partial charge >= 0.3 is 0 Å². The Morgan fingerprint density at radius 2 is 0.595 bits per heavy atom. The molecule has 0 fully saturated rings. The fourth-order valence-corrected chi connectivity index (χ4v) is 4.98. The molecule has 0 aliphatic rings. The first-order valence-corrected chi connectivity index (χ1v) is 14.1. The summed E-state index contributed by atoms with van der Waals surface area (Å²) in [4.78, 5) is 8.22. The van der Waals surface area contributed by atoms with Crippen LogP contribution in [0.4, 0.5) is 0 Å². The molecule has 0 N–H and O–H groups in total. The molecule has 0 aliphatic carbocycles. The molecule has 42 heavy (non-hydrogen) atoms. The summed E-state index contributed by atoms with van der Waals surface area (Å²) in [5.41, 5.74) is 11.7. The monoisotopic (exact) mass is 538 g/mol. The van der Waals surface area contributed by atoms with Crippen LogP contribution < -0.4 is 0 Å². The van der Waals surface area contributed by atoms with E-state index in [2.05, 4.69) is 143 Å². The Kier molecular flexibility index (Phi) is 8.34. The van der Waals surface area contributed by atoms with Gasteiger partial charge in [-0.2, -0.15) is 0 Å². The fourth-order valence-electron chi connectivity index (χ4n) is 4.98. The predicted molar refractivity (Wildman–Crippen MR) is 177 cm³/mol. The van der Waals surface area contributed by atoms with Gasteiger partial charge in [0.2, 0.25) is 0 Å². The van der Waals surface area contributed by atoms with Gasteiger partial charge in [0.05, 0.1) is 0 Å². The van der Waals surface area contributed by atoms with Crippen LogP contribution in [0.2, 0.25) is 0 Å². The molecule has 0 spiro atoms. The standard InChI is InChI=1S/C40H30N2/c1-3-7-35(8-4-1)39(37-19-15-31(16-20-37)11-13-33-23-27-41-28-24-33)40(36-9-5-2-6-10-36)38-21-17-32(18-22-38)12-14-34-25-29-42-30-26-34/h1-30H/b13-11+,14-12+,40-39+. The maximum absolute atomic E-state index is 4.11. The molecule has 0 aliphatic heterocycles. The zero-order chi connectivity index (χ0) is 28.4. The van der Waals surface area contributed by atoms with E-state index in [0.717, 1.165) is 22.3 Å². The second kappa shape index (κ2) is 13.2. The van der Waals surface area contributed by atoms with E-state index in [0.29, 0.717) is 0 Å². The molecule has 2 heterocycles. The smallest absolute Gasteiger partial charge is 0.0273 e. The average molecular weight is 539 g/mol. The van der Waals surface area contributed by atoms with Crippen molar-refractivity contribution in [1.82, 2.24) is 9.97 Å². The number of benzene rings is 4. The van der Waals surface area contributed by atoms with Gasteiger partial charge in [-0.1, -0.05) is 133 Å². The van der Waals surface area contributed by atoms with Crippen molar-refractivity contribution in [1.29, 1.82) is 0 Å². The first-order valence-electron chi connectivity index (χ1n) is 14.1. The van der Waals surface area contributed by atoms with Gasteiger partial charge in [-0.3, -0.25) is 9.97 Å². The lowest BCUT2D eigenvalue weighted by Crippen LogP contribution is -1.97. The molecule has 0 saturated heterocycles. The molecule has 0 bridgehead atoms. The summed E-state index contributed by atoms with van der Waals surface area (Å²) in [6, 6.07) is 47.0. The molecule has 2 nitrogen and oxygen atoms in total. The Bertz CT molecular complexity index is 1660. The van der Waals surface area contributed by atoms with Crippen LogP contribution in [0.25, 0.3) is 35.5 Å². The maximum Gasteiger partial charge on any atom is 0.0273 e. The van der Waals surface area contributed by atoms with Gasteiger partial charge in [-0.25, -0.2) is 0 Å². The SMILES string of the molecule is C(=C\c1ccc(/C(=C(\c2ccccc2)c2ccc(/C=C/c3ccncc3)cc2)c2ccccc2)cc1)/c1ccncc1. The summed E-state index contributed by atoms with van der Waals surface area (Å²) in [7, 11) is 0. The van der Waals surface area contributed by atoms with Crippen molar-refractivity contribution in [3.8, 4) is 0 Å². The second-order valence-electron chi connectivity index (χ2n) is 9.95. The van der Waals surface area contributed by atoms with E-state index in [1.165, 1.54) is 33.4 Å². The van der Waals surface area contributed by atoms with Crippen LogP contribution in [0.5, 0.6) is 0 Å². The first kappa shape index (κ1) is 26.6. The lowest BCUT2D eigenvalue weighted by Gasteiger charge is -2.18. The lowest BCUT2D eigenvalue weighted by molar-refractivity contribution is 1.32. The second-order valence-corrected chi connectivity index (χ2v) is 9.95. The van der Waals surface area contributed by atoms with Crippen LogP contribution >= 0.6 is 0 Å². The fraction of sp³-hybridized carbons (Fsp3) is 0. The molecule has 6 aromatic rings. The van der Waals surface area contributed by atoms with E-state index in [-0.39, 0.29) is 0 Å². The Hall–Kier alpha value is -5.60. The normalized spacial score (nSPS) is 12.0. The maximum atomic E-state index is 4.11. The highest BCUT2D eigenvalue weighted by Gasteiger charge is 2.16. The van der Waals surface area contributed by atoms with Crippen LogP contribution in [0.3, 0.4) is 0 Å². The minimum absolute atomic E-state index is 1.13. The van der Waals surface area contributed by atoms with E-state index < -0.39 is 0 Å². The van der Waals surface area contributed by atoms with Gasteiger partial charge in [0.1, 0.15) is 0 Å². The van der Waals surface area contributed by atoms with E-state index >= 15 is 0 Å². The van der Waals surface area contributed by atoms with Gasteiger partial charge in [0, 0.05) is 24.8 Å². The Balaban J connectivity index is 1.44. The van der Waals surface area contributed by atoms with Crippen molar-refractivity contribution < 1.29 is 0 Å². The van der Waals surface area contributed by atoms with Gasteiger partial charge in [0.15, 0.2) is 0 Å². The Morgan fingerprint density at radius 1 is 0.310 bits per heavy atom. The number of pyridine rings is 2. The van der Waals surface area contributed by atoms with Crippen LogP contribution in [-0.2, 0) is 0 Å². The van der Waals surface area contributed by atoms with Crippen molar-refractivity contribution in [2.75, 3.05) is 0 Å². The summed E-state index contributed by atoms with van der Waals surface area (Å²) in [5, 5.41) is 0. The number of hydrogen-bond donors (Lipinski definition) is 0. The van der Waals surface area contributed by atoms with Crippen molar-refractivity contribution in [3.05, 3.63) is 203 Å². The van der Waals surface area contributed by atoms with Gasteiger partial charge in [0.25, 0.3) is 0 Å². The van der Waals surface area contributed by atoms with Crippen LogP contribution in [0, 0.1) is 0 Å². The molecule has 4 aromatic carbocycles. The zero-order valence-corrected chi connectivity index (χ0v) is 23.2. The predicted octanol–water partition coefficient (Wildman–Crippen LogP) is 9.82. The minimum atomic E-state index is 1.13. The van der Waals surface area contributed by atoms with Gasteiger partial charge < -0.3 is 0 Å². The number of rotatable bonds is 8. The summed E-state index contributed by atoms with van der Waals surface area (Å²) in [6.07, 6.45) is 15.8. The third-order valence-electron chi connectivity index (χ3n) is 7.12. The van der Waals surface area contributed by atoms with E-state index in [4.69, 9.17) is 0 Å². The number of aromatic nitrogens is 2. The molecule has 0 amide bonds. The van der Waals surface area contributed by atoms with Crippen molar-refractivity contribution >= 4 is 35.5 Å². The van der Waals surface area contributed by atoms with Crippen molar-refractivity contribution in [3.63, 3.8) is 0 Å². The molecule has 2 aromatic heterocycles. The van der Waals surface area contributed by atoms with Crippen molar-refractivity contribution in [2.24, 2.45) is 0 Å². The lowest BCUT2D eigenvalue weighted by atomic mass is 9.85. The van der Waals surface area contributed by atoms with E-state index in [1.54, 1.807) is 0 Å². The summed E-state index contributed by atoms with van der Waals surface area (Å²) in [6.45, 7) is 0. The van der Waals surface area contributed by atoms with Gasteiger partial charge in [-0.15, -0.1) is 0 Å². The highest BCUT2D eigenvalue weighted by atomic mass is 14.6. The molecular formula is C40H30N2. The molecule has 6 rings (SSSR count). The molecule has 0 unspecified atom stereocenters. The van der Waals surface area contributed by atoms with Crippen molar-refractivity contribution in [2.45, 2.75) is 0 Å². The summed E-state index contributed by atoms with van der Waals surface area (Å²) in [5.74, 6) is 0. The molecule has 2 heteroatoms. The minimum Gasteiger partial charge on any atom is -0.265 e. The van der Waals surface area contributed by atoms with Crippen LogP contribution in [-0.4, -0.2) is 9.97 Å². The number of nitrogens with zero attached hydrogens (tertiary/aromatic N) is 2. The Labute approximate surface area is 247 Å². The quantitative estimate of drug-likeness (QED) is 0.180. The molecule has 200 valence electrons. The topological polar surface area (TPSA) is 25.8 Å². The molecule has 0 saturated carbocycles. The number of hydrogen-bond acceptors (Lipinski definition) is 2. The van der Waals surface area contributed by atoms with Gasteiger partial charge in [-0.05, 0) is 79.9 Å². The molecule has 0 radical (unpaired) electrons. The summed E-state index contributed by atoms with van der Waals surface area (Å²) < 4.78 is 0.